The van der Waals surface area contributed by atoms with Gasteiger partial charge in [0.2, 0.25) is 0 Å². The number of nitrogens with zero attached hydrogens (tertiary/aromatic N) is 1. The van der Waals surface area contributed by atoms with Crippen LogP contribution in [-0.2, 0) is 21.2 Å². The van der Waals surface area contributed by atoms with Gasteiger partial charge in [0.25, 0.3) is 0 Å². The van der Waals surface area contributed by atoms with E-state index in [0.29, 0.717) is 25.4 Å². The van der Waals surface area contributed by atoms with Crippen molar-refractivity contribution in [2.75, 3.05) is 19.7 Å². The summed E-state index contributed by atoms with van der Waals surface area (Å²) in [6.07, 6.45) is 17.3. The zero-order valence-corrected chi connectivity index (χ0v) is 25.2. The van der Waals surface area contributed by atoms with Crippen LogP contribution in [0.4, 0.5) is 0 Å². The predicted molar refractivity (Wildman–Crippen MR) is 167 cm³/mol. The van der Waals surface area contributed by atoms with Gasteiger partial charge in [-0.2, -0.15) is 0 Å². The zero-order chi connectivity index (χ0) is 29.0. The minimum absolute atomic E-state index is 0.0872. The van der Waals surface area contributed by atoms with Crippen molar-refractivity contribution in [2.24, 2.45) is 17.0 Å². The van der Waals surface area contributed by atoms with Crippen LogP contribution in [0.2, 0.25) is 6.32 Å². The number of nitrogens with two attached hydrogens (primary N) is 1. The molecule has 3 aliphatic rings. The number of nitrogens with one attached hydrogen (secondary N) is 1. The molecule has 1 radical (unpaired) electrons. The maximum absolute atomic E-state index is 12.5. The normalized spacial score (nSPS) is 21.5. The largest absolute Gasteiger partial charge is 0.493 e. The average Bonchev–Trinajstić information content (AvgIpc) is 3.11. The molecule has 0 saturated heterocycles. The van der Waals surface area contributed by atoms with Crippen molar-refractivity contribution < 1.29 is 17.9 Å². The molecular weight excluding hydrogens is 533 g/mol. The van der Waals surface area contributed by atoms with Gasteiger partial charge in [0.05, 0.1) is 12.3 Å². The average molecular weight is 577 g/mol. The van der Waals surface area contributed by atoms with Crippen LogP contribution in [0.5, 0.6) is 0 Å². The quantitative estimate of drug-likeness (QED) is 0.214. The molecule has 2 aromatic rings. The number of ketones is 1. The second-order valence-corrected chi connectivity index (χ2v) is 13.5. The minimum atomic E-state index is -3.54. The number of hydrogen-bond acceptors (Lipinski definition) is 5. The maximum atomic E-state index is 12.5. The summed E-state index contributed by atoms with van der Waals surface area (Å²) in [6.45, 7) is 7.81. The molecule has 0 spiro atoms. The number of carbonyl (C=O) groups excluding carboxylic acids is 1. The Morgan fingerprint density at radius 2 is 2.00 bits per heavy atom. The van der Waals surface area contributed by atoms with E-state index in [9.17, 15) is 13.2 Å². The molecule has 1 aliphatic heterocycles. The molecule has 2 heterocycles. The van der Waals surface area contributed by atoms with Gasteiger partial charge < -0.3 is 14.6 Å². The molecule has 1 aromatic heterocycles. The van der Waals surface area contributed by atoms with Gasteiger partial charge in [0.15, 0.2) is 15.7 Å². The van der Waals surface area contributed by atoms with Crippen LogP contribution >= 0.6 is 0 Å². The number of benzene rings is 1. The van der Waals surface area contributed by atoms with Gasteiger partial charge in [-0.1, -0.05) is 50.5 Å². The van der Waals surface area contributed by atoms with Gasteiger partial charge >= 0.3 is 6.56 Å². The topological polar surface area (TPSA) is 103 Å². The maximum Gasteiger partial charge on any atom is 0.301 e. The molecule has 2 unspecified atom stereocenters. The molecular formula is C32H43BN3O4S. The van der Waals surface area contributed by atoms with E-state index in [1.165, 1.54) is 48.7 Å². The molecule has 2 aliphatic carbocycles. The van der Waals surface area contributed by atoms with E-state index in [0.717, 1.165) is 54.9 Å². The lowest BCUT2D eigenvalue weighted by Crippen LogP contribution is -2.26. The number of allylic oxidation sites excluding steroid dienone is 5. The van der Waals surface area contributed by atoms with Gasteiger partial charge in [0, 0.05) is 34.5 Å². The molecule has 9 heteroatoms. The fraction of sp³-hybridized carbons (Fsp3) is 0.531. The molecule has 1 fully saturated rings. The second kappa shape index (κ2) is 13.1. The highest BCUT2D eigenvalue weighted by molar-refractivity contribution is 8.13. The summed E-state index contributed by atoms with van der Waals surface area (Å²) in [6, 6.07) is 6.29. The van der Waals surface area contributed by atoms with Crippen LogP contribution in [0.1, 0.15) is 86.3 Å². The number of carbonyl (C=O) groups is 1. The number of aromatic nitrogens is 1. The zero-order valence-electron chi connectivity index (χ0n) is 24.4. The highest BCUT2D eigenvalue weighted by Crippen LogP contribution is 2.46. The Morgan fingerprint density at radius 3 is 2.76 bits per heavy atom. The van der Waals surface area contributed by atoms with E-state index in [1.807, 2.05) is 6.07 Å². The summed E-state index contributed by atoms with van der Waals surface area (Å²) < 4.78 is 31.4. The van der Waals surface area contributed by atoms with E-state index >= 15 is 0 Å². The number of hydrogen-bond donors (Lipinski definition) is 2. The second-order valence-electron chi connectivity index (χ2n) is 12.0. The third-order valence-corrected chi connectivity index (χ3v) is 9.39. The van der Waals surface area contributed by atoms with Crippen LogP contribution in [0.25, 0.3) is 16.5 Å². The number of ether oxygens (including phenoxy) is 1. The van der Waals surface area contributed by atoms with Crippen molar-refractivity contribution in [1.82, 2.24) is 9.88 Å². The molecule has 2 atom stereocenters. The smallest absolute Gasteiger partial charge is 0.301 e. The summed E-state index contributed by atoms with van der Waals surface area (Å²) in [7, 11) is -3.54. The minimum Gasteiger partial charge on any atom is -0.493 e. The third-order valence-electron chi connectivity index (χ3n) is 8.69. The van der Waals surface area contributed by atoms with Gasteiger partial charge in [-0.15, -0.1) is 0 Å². The lowest BCUT2D eigenvalue weighted by Gasteiger charge is -2.29. The molecule has 219 valence electrons. The first-order chi connectivity index (χ1) is 19.7. The monoisotopic (exact) mass is 576 g/mol. The van der Waals surface area contributed by atoms with Crippen molar-refractivity contribution in [3.05, 3.63) is 65.1 Å². The Bertz CT molecular complexity index is 1470. The van der Waals surface area contributed by atoms with Crippen LogP contribution < -0.4 is 10.5 Å². The van der Waals surface area contributed by atoms with E-state index in [2.05, 4.69) is 53.2 Å². The molecule has 0 amide bonds. The highest BCUT2D eigenvalue weighted by atomic mass is 32.2. The van der Waals surface area contributed by atoms with E-state index in [-0.39, 0.29) is 17.6 Å². The highest BCUT2D eigenvalue weighted by Gasteiger charge is 2.32. The molecule has 7 nitrogen and oxygen atoms in total. The van der Waals surface area contributed by atoms with Crippen LogP contribution in [-0.4, -0.2) is 45.0 Å². The first kappa shape index (κ1) is 29.9. The summed E-state index contributed by atoms with van der Waals surface area (Å²) in [5.74, 6) is 2.10. The van der Waals surface area contributed by atoms with E-state index < -0.39 is 9.87 Å². The summed E-state index contributed by atoms with van der Waals surface area (Å²) in [4.78, 5) is 12.5. The van der Waals surface area contributed by atoms with Crippen molar-refractivity contribution >= 4 is 38.7 Å². The van der Waals surface area contributed by atoms with Gasteiger partial charge in [-0.3, -0.25) is 4.79 Å². The van der Waals surface area contributed by atoms with E-state index in [4.69, 9.17) is 9.88 Å². The number of Topliss-reactive ketones (excluding diaryl/α,β-unsaturated/α-hetero) is 1. The van der Waals surface area contributed by atoms with Gasteiger partial charge in [-0.25, -0.2) is 13.6 Å². The Labute approximate surface area is 245 Å². The SMILES string of the molecule is CC(=O)c1ccc2c(C3CCCCC3)c3n(c2c1)CC(CCCNCC[B]S(N)(=O)=O)COC1=CC(C)C=CC=C13. The van der Waals surface area contributed by atoms with Crippen molar-refractivity contribution in [3.8, 4) is 0 Å². The Balaban J connectivity index is 1.50. The summed E-state index contributed by atoms with van der Waals surface area (Å²) >= 11 is 0. The Morgan fingerprint density at radius 1 is 1.20 bits per heavy atom. The van der Waals surface area contributed by atoms with Crippen molar-refractivity contribution in [2.45, 2.75) is 77.6 Å². The standard InChI is InChI=1S/C32H43BN3O4S/c1-22-8-6-12-28-30(18-22)40-21-24(9-7-16-35-17-15-33-41(34,38)39)20-36-29-19-26(23(2)37)13-14-27(29)31(32(28)36)25-10-4-3-5-11-25/h6,8,12-14,18-19,22,24-25,35H,3-5,7,9-11,15-17,20-21H2,1-2H3,(H2,34,38,39). The summed E-state index contributed by atoms with van der Waals surface area (Å²) in [5.41, 5.74) is 5.74. The lowest BCUT2D eigenvalue weighted by molar-refractivity contribution is 0.101. The van der Waals surface area contributed by atoms with Gasteiger partial charge in [0.1, 0.15) is 5.76 Å². The van der Waals surface area contributed by atoms with Crippen LogP contribution in [0.3, 0.4) is 0 Å². The van der Waals surface area contributed by atoms with E-state index in [1.54, 1.807) is 6.92 Å². The summed E-state index contributed by atoms with van der Waals surface area (Å²) in [5, 5.41) is 9.67. The molecule has 5 rings (SSSR count). The van der Waals surface area contributed by atoms with Crippen molar-refractivity contribution in [1.29, 1.82) is 0 Å². The van der Waals surface area contributed by atoms with Crippen molar-refractivity contribution in [3.63, 3.8) is 0 Å². The molecule has 3 N–H and O–H groups in total. The number of fused-ring (bicyclic) bond motifs is 5. The fourth-order valence-corrected chi connectivity index (χ4v) is 7.10. The van der Waals surface area contributed by atoms with Crippen LogP contribution in [0, 0.1) is 11.8 Å². The Hall–Kier alpha value is -2.62. The predicted octanol–water partition coefficient (Wildman–Crippen LogP) is 5.71. The first-order valence-electron chi connectivity index (χ1n) is 15.2. The number of rotatable bonds is 10. The molecule has 41 heavy (non-hydrogen) atoms. The molecule has 1 aromatic carbocycles. The molecule has 0 bridgehead atoms. The Kier molecular flexibility index (Phi) is 9.57. The van der Waals surface area contributed by atoms with Gasteiger partial charge in [-0.05, 0) is 87.6 Å². The van der Waals surface area contributed by atoms with Crippen LogP contribution in [0.15, 0.2) is 48.3 Å². The lowest BCUT2D eigenvalue weighted by atomic mass is 9.81. The third kappa shape index (κ3) is 7.24. The molecule has 1 saturated carbocycles. The first-order valence-corrected chi connectivity index (χ1v) is 16.8. The fourth-order valence-electron chi connectivity index (χ4n) is 6.65.